The highest BCUT2D eigenvalue weighted by Gasteiger charge is 2.05. The molecule has 0 aliphatic rings. The van der Waals surface area contributed by atoms with Gasteiger partial charge in [0.2, 0.25) is 0 Å². The predicted octanol–water partition coefficient (Wildman–Crippen LogP) is 2.85. The first-order valence-corrected chi connectivity index (χ1v) is 9.99. The molecule has 2 aromatic rings. The van der Waals surface area contributed by atoms with Crippen LogP contribution in [0.2, 0.25) is 0 Å². The molecule has 1 aromatic carbocycles. The molecule has 0 atom stereocenters. The van der Waals surface area contributed by atoms with Crippen LogP contribution < -0.4 is 15.4 Å². The van der Waals surface area contributed by atoms with E-state index in [0.29, 0.717) is 12.5 Å². The molecule has 2 rings (SSSR count). The summed E-state index contributed by atoms with van der Waals surface area (Å²) >= 11 is 0. The summed E-state index contributed by atoms with van der Waals surface area (Å²) in [6.07, 6.45) is 3.24. The molecule has 0 radical (unpaired) electrons. The molecule has 0 amide bonds. The molecule has 0 aliphatic carbocycles. The van der Waals surface area contributed by atoms with Crippen LogP contribution in [0.4, 0.5) is 0 Å². The van der Waals surface area contributed by atoms with Gasteiger partial charge in [-0.25, -0.2) is 4.99 Å². The van der Waals surface area contributed by atoms with E-state index >= 15 is 0 Å². The van der Waals surface area contributed by atoms with E-state index in [9.17, 15) is 0 Å². The Bertz CT molecular complexity index is 736. The highest BCUT2D eigenvalue weighted by atomic mass is 16.5. The van der Waals surface area contributed by atoms with E-state index in [2.05, 4.69) is 46.8 Å². The summed E-state index contributed by atoms with van der Waals surface area (Å²) in [5, 5.41) is 15.2. The third-order valence-electron chi connectivity index (χ3n) is 4.68. The Hall–Kier alpha value is -2.57. The summed E-state index contributed by atoms with van der Waals surface area (Å²) in [7, 11) is 3.65. The van der Waals surface area contributed by atoms with Crippen molar-refractivity contribution in [2.75, 3.05) is 20.2 Å². The van der Waals surface area contributed by atoms with Gasteiger partial charge in [-0.15, -0.1) is 10.2 Å². The molecule has 0 aliphatic heterocycles. The standard InChI is InChI=1S/C21H34N6O/c1-16(2)7-6-13-22-21(24-15-20-26-25-17(3)27(20)4)23-14-12-18-8-10-19(28-5)11-9-18/h8-11,16H,6-7,12-15H2,1-5H3,(H2,22,23,24). The minimum atomic E-state index is 0.499. The molecule has 154 valence electrons. The van der Waals surface area contributed by atoms with Crippen LogP contribution in [0.15, 0.2) is 29.3 Å². The Kier molecular flexibility index (Phi) is 8.78. The number of aromatic nitrogens is 3. The molecule has 2 N–H and O–H groups in total. The molecule has 1 heterocycles. The van der Waals surface area contributed by atoms with Crippen molar-refractivity contribution in [2.45, 2.75) is 46.6 Å². The number of methoxy groups -OCH3 is 1. The average molecular weight is 387 g/mol. The summed E-state index contributed by atoms with van der Waals surface area (Å²) in [5.41, 5.74) is 1.26. The Labute approximate surface area is 168 Å². The molecule has 0 fully saturated rings. The Morgan fingerprint density at radius 3 is 2.46 bits per heavy atom. The van der Waals surface area contributed by atoms with Gasteiger partial charge in [-0.2, -0.15) is 0 Å². The van der Waals surface area contributed by atoms with Crippen molar-refractivity contribution in [3.05, 3.63) is 41.5 Å². The zero-order valence-corrected chi connectivity index (χ0v) is 17.8. The minimum absolute atomic E-state index is 0.499. The van der Waals surface area contributed by atoms with Gasteiger partial charge in [0.1, 0.15) is 18.1 Å². The van der Waals surface area contributed by atoms with Gasteiger partial charge in [-0.3, -0.25) is 0 Å². The van der Waals surface area contributed by atoms with Gasteiger partial charge in [0.15, 0.2) is 11.8 Å². The van der Waals surface area contributed by atoms with Crippen molar-refractivity contribution in [3.63, 3.8) is 0 Å². The first-order valence-electron chi connectivity index (χ1n) is 9.99. The fraction of sp³-hybridized carbons (Fsp3) is 0.571. The Morgan fingerprint density at radius 1 is 1.14 bits per heavy atom. The SMILES string of the molecule is COc1ccc(CCNC(=NCc2nnc(C)n2C)NCCCC(C)C)cc1. The van der Waals surface area contributed by atoms with Gasteiger partial charge < -0.3 is 19.9 Å². The lowest BCUT2D eigenvalue weighted by Gasteiger charge is -2.13. The highest BCUT2D eigenvalue weighted by Crippen LogP contribution is 2.11. The molecule has 0 unspecified atom stereocenters. The van der Waals surface area contributed by atoms with Crippen LogP contribution in [-0.2, 0) is 20.0 Å². The summed E-state index contributed by atoms with van der Waals surface area (Å²) in [4.78, 5) is 4.69. The Balaban J connectivity index is 1.90. The van der Waals surface area contributed by atoms with Gasteiger partial charge in [0, 0.05) is 20.1 Å². The fourth-order valence-corrected chi connectivity index (χ4v) is 2.75. The van der Waals surface area contributed by atoms with Crippen molar-refractivity contribution in [1.82, 2.24) is 25.4 Å². The fourth-order valence-electron chi connectivity index (χ4n) is 2.75. The Morgan fingerprint density at radius 2 is 1.86 bits per heavy atom. The van der Waals surface area contributed by atoms with E-state index in [4.69, 9.17) is 9.73 Å². The number of ether oxygens (including phenoxy) is 1. The monoisotopic (exact) mass is 386 g/mol. The van der Waals surface area contributed by atoms with Gasteiger partial charge in [0.25, 0.3) is 0 Å². The second kappa shape index (κ2) is 11.3. The van der Waals surface area contributed by atoms with Gasteiger partial charge >= 0.3 is 0 Å². The highest BCUT2D eigenvalue weighted by molar-refractivity contribution is 5.79. The van der Waals surface area contributed by atoms with Gasteiger partial charge in [0.05, 0.1) is 7.11 Å². The van der Waals surface area contributed by atoms with Gasteiger partial charge in [-0.05, 0) is 49.8 Å². The van der Waals surface area contributed by atoms with E-state index in [1.807, 2.05) is 30.7 Å². The number of benzene rings is 1. The second-order valence-corrected chi connectivity index (χ2v) is 7.37. The molecule has 0 saturated carbocycles. The number of guanidine groups is 1. The molecular formula is C21H34N6O. The smallest absolute Gasteiger partial charge is 0.191 e. The quantitative estimate of drug-likeness (QED) is 0.373. The topological polar surface area (TPSA) is 76.4 Å². The van der Waals surface area contributed by atoms with Crippen molar-refractivity contribution in [2.24, 2.45) is 18.0 Å². The number of aryl methyl sites for hydroxylation is 1. The van der Waals surface area contributed by atoms with Crippen LogP contribution in [0.25, 0.3) is 0 Å². The normalized spacial score (nSPS) is 11.7. The molecule has 0 spiro atoms. The average Bonchev–Trinajstić information content (AvgIpc) is 3.01. The van der Waals surface area contributed by atoms with Crippen LogP contribution >= 0.6 is 0 Å². The zero-order chi connectivity index (χ0) is 20.4. The van der Waals surface area contributed by atoms with Crippen molar-refractivity contribution < 1.29 is 4.74 Å². The summed E-state index contributed by atoms with van der Waals surface area (Å²) in [5.74, 6) is 4.16. The van der Waals surface area contributed by atoms with Crippen molar-refractivity contribution in [1.29, 1.82) is 0 Å². The van der Waals surface area contributed by atoms with E-state index in [1.54, 1.807) is 7.11 Å². The van der Waals surface area contributed by atoms with Gasteiger partial charge in [-0.1, -0.05) is 26.0 Å². The maximum absolute atomic E-state index is 5.21. The molecule has 0 bridgehead atoms. The van der Waals surface area contributed by atoms with Crippen LogP contribution in [0.5, 0.6) is 5.75 Å². The maximum Gasteiger partial charge on any atom is 0.191 e. The van der Waals surface area contributed by atoms with E-state index in [1.165, 1.54) is 12.0 Å². The molecular weight excluding hydrogens is 352 g/mol. The first kappa shape index (κ1) is 21.7. The number of nitrogens with one attached hydrogen (secondary N) is 2. The molecule has 0 saturated heterocycles. The summed E-state index contributed by atoms with van der Waals surface area (Å²) in [6, 6.07) is 8.17. The molecule has 7 heteroatoms. The lowest BCUT2D eigenvalue weighted by Crippen LogP contribution is -2.39. The molecule has 7 nitrogen and oxygen atoms in total. The number of hydrogen-bond acceptors (Lipinski definition) is 4. The third kappa shape index (κ3) is 7.21. The first-order chi connectivity index (χ1) is 13.5. The number of rotatable bonds is 10. The molecule has 1 aromatic heterocycles. The maximum atomic E-state index is 5.21. The van der Waals surface area contributed by atoms with Crippen molar-refractivity contribution >= 4 is 5.96 Å². The van der Waals surface area contributed by atoms with E-state index < -0.39 is 0 Å². The minimum Gasteiger partial charge on any atom is -0.497 e. The van der Waals surface area contributed by atoms with Crippen LogP contribution in [-0.4, -0.2) is 40.9 Å². The second-order valence-electron chi connectivity index (χ2n) is 7.37. The lowest BCUT2D eigenvalue weighted by molar-refractivity contribution is 0.414. The van der Waals surface area contributed by atoms with Crippen LogP contribution in [0.3, 0.4) is 0 Å². The number of aliphatic imine (C=N–C) groups is 1. The lowest BCUT2D eigenvalue weighted by atomic mass is 10.1. The number of hydrogen-bond donors (Lipinski definition) is 2. The summed E-state index contributed by atoms with van der Waals surface area (Å²) in [6.45, 7) is 8.65. The van der Waals surface area contributed by atoms with Crippen LogP contribution in [0.1, 0.15) is 43.9 Å². The van der Waals surface area contributed by atoms with E-state index in [0.717, 1.165) is 49.3 Å². The predicted molar refractivity (Wildman–Crippen MR) is 114 cm³/mol. The zero-order valence-electron chi connectivity index (χ0n) is 17.8. The van der Waals surface area contributed by atoms with Crippen LogP contribution in [0, 0.1) is 12.8 Å². The number of nitrogens with zero attached hydrogens (tertiary/aromatic N) is 4. The van der Waals surface area contributed by atoms with Crippen molar-refractivity contribution in [3.8, 4) is 5.75 Å². The summed E-state index contributed by atoms with van der Waals surface area (Å²) < 4.78 is 7.18. The van der Waals surface area contributed by atoms with E-state index in [-0.39, 0.29) is 0 Å². The largest absolute Gasteiger partial charge is 0.497 e. The third-order valence-corrected chi connectivity index (χ3v) is 4.68. The molecule has 28 heavy (non-hydrogen) atoms.